The van der Waals surface area contributed by atoms with Crippen LogP contribution in [0.5, 0.6) is 0 Å². The highest BCUT2D eigenvalue weighted by atomic mass is 35.5. The number of ketones is 1. The van der Waals surface area contributed by atoms with Crippen LogP contribution in [0.3, 0.4) is 0 Å². The van der Waals surface area contributed by atoms with Crippen LogP contribution in [-0.2, 0) is 4.79 Å². The van der Waals surface area contributed by atoms with Gasteiger partial charge in [0, 0.05) is 39.8 Å². The predicted molar refractivity (Wildman–Crippen MR) is 145 cm³/mol. The number of nitrogens with one attached hydrogen (secondary N) is 1. The Balaban J connectivity index is 1.47. The number of benzene rings is 3. The lowest BCUT2D eigenvalue weighted by atomic mass is 10.1. The Morgan fingerprint density at radius 3 is 2.19 bits per heavy atom. The highest BCUT2D eigenvalue weighted by Gasteiger charge is 2.67. The highest BCUT2D eigenvalue weighted by molar-refractivity contribution is 6.53. The van der Waals surface area contributed by atoms with Crippen LogP contribution in [0.2, 0.25) is 15.1 Å². The first kappa shape index (κ1) is 26.8. The zero-order valence-corrected chi connectivity index (χ0v) is 22.6. The first-order valence-electron chi connectivity index (χ1n) is 10.8. The van der Waals surface area contributed by atoms with Gasteiger partial charge in [0.1, 0.15) is 4.33 Å². The van der Waals surface area contributed by atoms with Crippen LogP contribution >= 0.6 is 58.0 Å². The predicted octanol–water partition coefficient (Wildman–Crippen LogP) is 7.13. The van der Waals surface area contributed by atoms with Crippen LogP contribution in [-0.4, -0.2) is 40.4 Å². The first-order valence-corrected chi connectivity index (χ1v) is 12.7. The summed E-state index contributed by atoms with van der Waals surface area (Å²) in [6, 6.07) is 18.1. The molecule has 1 aliphatic carbocycles. The summed E-state index contributed by atoms with van der Waals surface area (Å²) in [5.74, 6) is -2.39. The van der Waals surface area contributed by atoms with Gasteiger partial charge in [0.2, 0.25) is 5.91 Å². The molecule has 0 aliphatic heterocycles. The minimum atomic E-state index is -1.34. The Morgan fingerprint density at radius 1 is 0.917 bits per heavy atom. The molecule has 36 heavy (non-hydrogen) atoms. The summed E-state index contributed by atoms with van der Waals surface area (Å²) >= 11 is 31.3. The molecule has 2 amide bonds. The van der Waals surface area contributed by atoms with Gasteiger partial charge in [-0.1, -0.05) is 53.0 Å². The molecule has 0 spiro atoms. The SMILES string of the molecule is CN(CC(=O)c1cc(NC(=O)C2C(c3cc(Cl)cc(Cl)c3)C2(Cl)Cl)ccc1Cl)C(=O)c1ccccc1. The number of hydrogen-bond donors (Lipinski definition) is 1. The lowest BCUT2D eigenvalue weighted by Gasteiger charge is -2.17. The van der Waals surface area contributed by atoms with Gasteiger partial charge in [0.15, 0.2) is 5.78 Å². The van der Waals surface area contributed by atoms with E-state index in [1.165, 1.54) is 24.1 Å². The molecule has 2 unspecified atom stereocenters. The molecule has 3 aromatic rings. The Hall–Kier alpha value is -2.28. The molecule has 0 heterocycles. The molecule has 10 heteroatoms. The van der Waals surface area contributed by atoms with Crippen LogP contribution in [0.25, 0.3) is 0 Å². The van der Waals surface area contributed by atoms with Crippen molar-refractivity contribution in [2.45, 2.75) is 10.3 Å². The molecular weight excluding hydrogens is 566 g/mol. The van der Waals surface area contributed by atoms with Crippen molar-refractivity contribution >= 4 is 81.3 Å². The molecule has 1 saturated carbocycles. The van der Waals surface area contributed by atoms with E-state index in [1.54, 1.807) is 54.6 Å². The van der Waals surface area contributed by atoms with Gasteiger partial charge in [0.25, 0.3) is 5.91 Å². The number of likely N-dealkylation sites (N-methyl/N-ethyl adjacent to an activating group) is 1. The van der Waals surface area contributed by atoms with E-state index in [9.17, 15) is 14.4 Å². The summed E-state index contributed by atoms with van der Waals surface area (Å²) in [6.45, 7) is -0.197. The summed E-state index contributed by atoms with van der Waals surface area (Å²) < 4.78 is -1.34. The number of carbonyl (C=O) groups is 3. The Kier molecular flexibility index (Phi) is 7.89. The second-order valence-electron chi connectivity index (χ2n) is 8.47. The van der Waals surface area contributed by atoms with E-state index in [0.717, 1.165) is 0 Å². The fraction of sp³-hybridized carbons (Fsp3) is 0.192. The molecule has 4 rings (SSSR count). The average molecular weight is 585 g/mol. The lowest BCUT2D eigenvalue weighted by molar-refractivity contribution is -0.117. The van der Waals surface area contributed by atoms with Crippen molar-refractivity contribution in [3.8, 4) is 0 Å². The number of rotatable bonds is 7. The molecule has 0 saturated heterocycles. The molecular formula is C26H19Cl5N2O3. The zero-order chi connectivity index (χ0) is 26.2. The van der Waals surface area contributed by atoms with Crippen molar-refractivity contribution in [3.05, 3.63) is 98.5 Å². The minimum Gasteiger partial charge on any atom is -0.334 e. The number of amides is 2. The molecule has 0 radical (unpaired) electrons. The molecule has 5 nitrogen and oxygen atoms in total. The fourth-order valence-electron chi connectivity index (χ4n) is 4.03. The van der Waals surface area contributed by atoms with Crippen LogP contribution in [0.1, 0.15) is 32.2 Å². The topological polar surface area (TPSA) is 66.5 Å². The third-order valence-electron chi connectivity index (χ3n) is 5.86. The van der Waals surface area contributed by atoms with Crippen molar-refractivity contribution in [3.63, 3.8) is 0 Å². The number of carbonyl (C=O) groups excluding carboxylic acids is 3. The number of alkyl halides is 2. The van der Waals surface area contributed by atoms with E-state index in [0.29, 0.717) is 26.9 Å². The van der Waals surface area contributed by atoms with Gasteiger partial charge in [-0.15, -0.1) is 23.2 Å². The van der Waals surface area contributed by atoms with E-state index in [4.69, 9.17) is 58.0 Å². The zero-order valence-electron chi connectivity index (χ0n) is 18.8. The summed E-state index contributed by atoms with van der Waals surface area (Å²) in [7, 11) is 1.53. The molecule has 2 atom stereocenters. The largest absolute Gasteiger partial charge is 0.334 e. The monoisotopic (exact) mass is 582 g/mol. The van der Waals surface area contributed by atoms with Crippen LogP contribution in [0.15, 0.2) is 66.7 Å². The van der Waals surface area contributed by atoms with Gasteiger partial charge in [0.05, 0.1) is 17.5 Å². The summed E-state index contributed by atoms with van der Waals surface area (Å²) in [4.78, 5) is 39.8. The number of hydrogen-bond acceptors (Lipinski definition) is 3. The average Bonchev–Trinajstić information content (AvgIpc) is 3.41. The number of Topliss-reactive ketones (excluding diaryl/α,β-unsaturated/α-hetero) is 1. The van der Waals surface area contributed by atoms with Crippen molar-refractivity contribution in [2.24, 2.45) is 5.92 Å². The maximum absolute atomic E-state index is 13.0. The van der Waals surface area contributed by atoms with Gasteiger partial charge in [-0.2, -0.15) is 0 Å². The van der Waals surface area contributed by atoms with Gasteiger partial charge in [-0.25, -0.2) is 0 Å². The second kappa shape index (κ2) is 10.6. The van der Waals surface area contributed by atoms with Gasteiger partial charge in [-0.3, -0.25) is 14.4 Å². The van der Waals surface area contributed by atoms with Gasteiger partial charge >= 0.3 is 0 Å². The smallest absolute Gasteiger partial charge is 0.254 e. The summed E-state index contributed by atoms with van der Waals surface area (Å²) in [5.41, 5.74) is 1.61. The maximum atomic E-state index is 13.0. The molecule has 1 aliphatic rings. The van der Waals surface area contributed by atoms with E-state index in [2.05, 4.69) is 5.32 Å². The fourth-order valence-corrected chi connectivity index (χ4v) is 5.63. The molecule has 1 fully saturated rings. The van der Waals surface area contributed by atoms with E-state index in [1.807, 2.05) is 0 Å². The molecule has 1 N–H and O–H groups in total. The number of nitrogens with zero attached hydrogens (tertiary/aromatic N) is 1. The van der Waals surface area contributed by atoms with E-state index >= 15 is 0 Å². The van der Waals surface area contributed by atoms with Crippen LogP contribution in [0.4, 0.5) is 5.69 Å². The minimum absolute atomic E-state index is 0.166. The third kappa shape index (κ3) is 5.66. The number of anilines is 1. The highest BCUT2D eigenvalue weighted by Crippen LogP contribution is 2.65. The van der Waals surface area contributed by atoms with Crippen molar-refractivity contribution in [1.82, 2.24) is 4.90 Å². The standard InChI is InChI=1S/C26H19Cl5N2O3/c1-33(25(36)14-5-3-2-4-6-14)13-21(34)19-12-18(7-8-20(19)29)32-24(35)23-22(26(23,30)31)15-9-16(27)11-17(28)10-15/h2-12,22-23H,13H2,1H3,(H,32,35). The van der Waals surface area contributed by atoms with Crippen molar-refractivity contribution in [2.75, 3.05) is 18.9 Å². The normalized spacial score (nSPS) is 17.8. The van der Waals surface area contributed by atoms with Gasteiger partial charge in [-0.05, 0) is 54.1 Å². The number of halogens is 5. The van der Waals surface area contributed by atoms with Crippen LogP contribution in [0, 0.1) is 5.92 Å². The Bertz CT molecular complexity index is 1330. The molecule has 3 aromatic carbocycles. The molecule has 0 bridgehead atoms. The summed E-state index contributed by atoms with van der Waals surface area (Å²) in [5, 5.41) is 3.76. The van der Waals surface area contributed by atoms with Gasteiger partial charge < -0.3 is 10.2 Å². The molecule has 0 aromatic heterocycles. The van der Waals surface area contributed by atoms with Crippen LogP contribution < -0.4 is 5.32 Å². The maximum Gasteiger partial charge on any atom is 0.254 e. The summed E-state index contributed by atoms with van der Waals surface area (Å²) in [6.07, 6.45) is 0. The third-order valence-corrected chi connectivity index (χ3v) is 7.57. The quantitative estimate of drug-likeness (QED) is 0.237. The van der Waals surface area contributed by atoms with Crippen molar-refractivity contribution < 1.29 is 14.4 Å². The first-order chi connectivity index (χ1) is 17.0. The Morgan fingerprint density at radius 2 is 1.56 bits per heavy atom. The second-order valence-corrected chi connectivity index (χ2v) is 11.2. The molecule has 186 valence electrons. The van der Waals surface area contributed by atoms with E-state index < -0.39 is 22.1 Å². The lowest BCUT2D eigenvalue weighted by Crippen LogP contribution is -2.32. The Labute approximate surface area is 233 Å². The van der Waals surface area contributed by atoms with E-state index in [-0.39, 0.29) is 28.8 Å². The van der Waals surface area contributed by atoms with Crippen molar-refractivity contribution in [1.29, 1.82) is 0 Å².